The fourth-order valence-electron chi connectivity index (χ4n) is 2.88. The van der Waals surface area contributed by atoms with Crippen LogP contribution in [0.25, 0.3) is 5.69 Å². The van der Waals surface area contributed by atoms with Gasteiger partial charge in [0.15, 0.2) is 5.75 Å². The van der Waals surface area contributed by atoms with Crippen molar-refractivity contribution in [3.05, 3.63) is 64.5 Å². The fraction of sp³-hybridized carbons (Fsp3) is 0.158. The van der Waals surface area contributed by atoms with Gasteiger partial charge in [-0.2, -0.15) is 5.10 Å². The largest absolute Gasteiger partial charge is 0.497 e. The Kier molecular flexibility index (Phi) is 6.79. The summed E-state index contributed by atoms with van der Waals surface area (Å²) in [6, 6.07) is 8.08. The van der Waals surface area contributed by atoms with Crippen LogP contribution in [0.5, 0.6) is 17.2 Å². The highest BCUT2D eigenvalue weighted by atomic mass is 32.2. The summed E-state index contributed by atoms with van der Waals surface area (Å²) in [5.41, 5.74) is 5.01. The van der Waals surface area contributed by atoms with Crippen molar-refractivity contribution in [2.75, 3.05) is 14.2 Å². The third-order valence-corrected chi connectivity index (χ3v) is 5.85. The van der Waals surface area contributed by atoms with E-state index in [2.05, 4.69) is 9.82 Å². The molecular weight excluding hydrogens is 458 g/mol. The molecule has 14 heteroatoms. The molecule has 0 spiro atoms. The number of hydrogen-bond donors (Lipinski definition) is 2. The van der Waals surface area contributed by atoms with Gasteiger partial charge in [-0.05, 0) is 12.1 Å². The number of nitro groups is 1. The number of amides is 1. The number of rotatable bonds is 9. The molecule has 0 radical (unpaired) electrons. The predicted octanol–water partition coefficient (Wildman–Crippen LogP) is 1.73. The van der Waals surface area contributed by atoms with Gasteiger partial charge in [0.25, 0.3) is 5.69 Å². The zero-order valence-corrected chi connectivity index (χ0v) is 18.2. The van der Waals surface area contributed by atoms with Crippen molar-refractivity contribution in [2.24, 2.45) is 5.73 Å². The number of sulfonamides is 1. The van der Waals surface area contributed by atoms with Gasteiger partial charge in [0.2, 0.25) is 10.0 Å². The molecule has 174 valence electrons. The van der Waals surface area contributed by atoms with Crippen molar-refractivity contribution >= 4 is 21.8 Å². The van der Waals surface area contributed by atoms with Crippen molar-refractivity contribution in [1.82, 2.24) is 14.5 Å². The van der Waals surface area contributed by atoms with Crippen molar-refractivity contribution in [3.8, 4) is 22.9 Å². The highest BCUT2D eigenvalue weighted by Gasteiger charge is 2.24. The molecule has 0 saturated heterocycles. The van der Waals surface area contributed by atoms with E-state index >= 15 is 0 Å². The number of primary amides is 1. The lowest BCUT2D eigenvalue weighted by atomic mass is 10.2. The standard InChI is InChI=1S/C19H19N5O8S/c1-30-14-5-3-12(17(8-14)31-2)9-22-33(28,29)18-7-13(24(26)27)4-6-16(18)23-11-15(10-21-23)32-19(20)25/h3-8,10-11,22H,9H2,1-2H3,(H2,20,25). The van der Waals surface area contributed by atoms with E-state index in [4.69, 9.17) is 19.9 Å². The molecule has 0 atom stereocenters. The zero-order chi connectivity index (χ0) is 24.2. The van der Waals surface area contributed by atoms with E-state index in [0.717, 1.165) is 23.0 Å². The van der Waals surface area contributed by atoms with Crippen molar-refractivity contribution in [3.63, 3.8) is 0 Å². The number of ether oxygens (including phenoxy) is 3. The molecule has 3 aromatic rings. The second-order valence-corrected chi connectivity index (χ2v) is 8.19. The van der Waals surface area contributed by atoms with Crippen LogP contribution in [0.4, 0.5) is 10.5 Å². The van der Waals surface area contributed by atoms with Crippen molar-refractivity contribution in [2.45, 2.75) is 11.4 Å². The van der Waals surface area contributed by atoms with Crippen LogP contribution in [0.1, 0.15) is 5.56 Å². The first kappa shape index (κ1) is 23.5. The summed E-state index contributed by atoms with van der Waals surface area (Å²) in [6.45, 7) is -0.174. The lowest BCUT2D eigenvalue weighted by Crippen LogP contribution is -2.25. The molecule has 1 aromatic heterocycles. The van der Waals surface area contributed by atoms with Gasteiger partial charge >= 0.3 is 6.09 Å². The van der Waals surface area contributed by atoms with Crippen molar-refractivity contribution in [1.29, 1.82) is 0 Å². The molecule has 0 saturated carbocycles. The smallest absolute Gasteiger partial charge is 0.410 e. The molecular formula is C19H19N5O8S. The molecule has 0 aliphatic heterocycles. The maximum absolute atomic E-state index is 13.1. The second kappa shape index (κ2) is 9.54. The number of nitrogens with zero attached hydrogens (tertiary/aromatic N) is 3. The maximum Gasteiger partial charge on any atom is 0.410 e. The lowest BCUT2D eigenvalue weighted by Gasteiger charge is -2.14. The number of carbonyl (C=O) groups excluding carboxylic acids is 1. The number of nitrogens with one attached hydrogen (secondary N) is 1. The van der Waals surface area contributed by atoms with Crippen LogP contribution in [0.3, 0.4) is 0 Å². The summed E-state index contributed by atoms with van der Waals surface area (Å²) < 4.78 is 44.9. The summed E-state index contributed by atoms with van der Waals surface area (Å²) in [7, 11) is -1.37. The number of nitro benzene ring substituents is 1. The molecule has 1 amide bonds. The third-order valence-electron chi connectivity index (χ3n) is 4.41. The van der Waals surface area contributed by atoms with Crippen LogP contribution in [0, 0.1) is 10.1 Å². The normalized spacial score (nSPS) is 11.1. The molecule has 2 aromatic carbocycles. The van der Waals surface area contributed by atoms with Crippen LogP contribution in [0.15, 0.2) is 53.7 Å². The minimum absolute atomic E-state index is 0.0193. The number of benzene rings is 2. The Hall–Kier alpha value is -4.17. The van der Waals surface area contributed by atoms with Gasteiger partial charge < -0.3 is 19.9 Å². The van der Waals surface area contributed by atoms with Gasteiger partial charge in [-0.15, -0.1) is 0 Å². The van der Waals surface area contributed by atoms with Gasteiger partial charge in [0.05, 0.1) is 37.2 Å². The van der Waals surface area contributed by atoms with Crippen LogP contribution < -0.4 is 24.7 Å². The topological polar surface area (TPSA) is 178 Å². The first-order valence-electron chi connectivity index (χ1n) is 9.16. The second-order valence-electron chi connectivity index (χ2n) is 6.45. The van der Waals surface area contributed by atoms with Crippen molar-refractivity contribution < 1.29 is 32.3 Å². The van der Waals surface area contributed by atoms with Gasteiger partial charge in [-0.25, -0.2) is 22.6 Å². The molecule has 0 fully saturated rings. The Balaban J connectivity index is 1.99. The van der Waals surface area contributed by atoms with Gasteiger partial charge in [-0.3, -0.25) is 10.1 Å². The minimum atomic E-state index is -4.28. The first-order chi connectivity index (χ1) is 15.6. The summed E-state index contributed by atoms with van der Waals surface area (Å²) in [4.78, 5) is 21.0. The van der Waals surface area contributed by atoms with E-state index in [1.807, 2.05) is 0 Å². The van der Waals surface area contributed by atoms with Gasteiger partial charge in [-0.1, -0.05) is 6.07 Å². The molecule has 13 nitrogen and oxygen atoms in total. The average molecular weight is 477 g/mol. The SMILES string of the molecule is COc1ccc(CNS(=O)(=O)c2cc([N+](=O)[O-])ccc2-n2cc(OC(N)=O)cn2)c(OC)c1. The van der Waals surface area contributed by atoms with E-state index in [1.54, 1.807) is 18.2 Å². The van der Waals surface area contributed by atoms with E-state index in [9.17, 15) is 23.3 Å². The third kappa shape index (κ3) is 5.36. The summed E-state index contributed by atoms with van der Waals surface area (Å²) in [5, 5.41) is 15.2. The Labute approximate surface area is 187 Å². The average Bonchev–Trinajstić information content (AvgIpc) is 3.24. The summed E-state index contributed by atoms with van der Waals surface area (Å²) >= 11 is 0. The zero-order valence-electron chi connectivity index (χ0n) is 17.4. The quantitative estimate of drug-likeness (QED) is 0.343. The molecule has 3 rings (SSSR count). The van der Waals surface area contributed by atoms with Crippen LogP contribution >= 0.6 is 0 Å². The van der Waals surface area contributed by atoms with Crippen LogP contribution in [0.2, 0.25) is 0 Å². The number of non-ortho nitro benzene ring substituents is 1. The van der Waals surface area contributed by atoms with Crippen LogP contribution in [-0.4, -0.2) is 43.4 Å². The molecule has 0 unspecified atom stereocenters. The number of aromatic nitrogens is 2. The van der Waals surface area contributed by atoms with E-state index in [-0.39, 0.29) is 18.0 Å². The van der Waals surface area contributed by atoms with Gasteiger partial charge in [0, 0.05) is 30.3 Å². The monoisotopic (exact) mass is 477 g/mol. The van der Waals surface area contributed by atoms with E-state index in [1.165, 1.54) is 26.5 Å². The Morgan fingerprint density at radius 1 is 1.18 bits per heavy atom. The highest BCUT2D eigenvalue weighted by molar-refractivity contribution is 7.89. The number of hydrogen-bond acceptors (Lipinski definition) is 9. The number of nitrogens with two attached hydrogens (primary N) is 1. The summed E-state index contributed by atoms with van der Waals surface area (Å²) in [5.74, 6) is 0.865. The number of carbonyl (C=O) groups is 1. The molecule has 0 aliphatic rings. The van der Waals surface area contributed by atoms with E-state index in [0.29, 0.717) is 17.1 Å². The fourth-order valence-corrected chi connectivity index (χ4v) is 4.09. The molecule has 3 N–H and O–H groups in total. The molecule has 1 heterocycles. The van der Waals surface area contributed by atoms with Crippen LogP contribution in [-0.2, 0) is 16.6 Å². The Bertz CT molecular complexity index is 1310. The minimum Gasteiger partial charge on any atom is -0.497 e. The Morgan fingerprint density at radius 2 is 1.94 bits per heavy atom. The predicted molar refractivity (Wildman–Crippen MR) is 114 cm³/mol. The Morgan fingerprint density at radius 3 is 2.58 bits per heavy atom. The highest BCUT2D eigenvalue weighted by Crippen LogP contribution is 2.28. The molecule has 33 heavy (non-hydrogen) atoms. The van der Waals surface area contributed by atoms with Gasteiger partial charge in [0.1, 0.15) is 16.4 Å². The first-order valence-corrected chi connectivity index (χ1v) is 10.6. The maximum atomic E-state index is 13.1. The molecule has 0 bridgehead atoms. The van der Waals surface area contributed by atoms with E-state index < -0.39 is 31.6 Å². The molecule has 0 aliphatic carbocycles. The number of methoxy groups -OCH3 is 2. The lowest BCUT2D eigenvalue weighted by molar-refractivity contribution is -0.385. The summed E-state index contributed by atoms with van der Waals surface area (Å²) in [6.07, 6.45) is 1.26.